The molecule has 3 rings (SSSR count). The lowest BCUT2D eigenvalue weighted by Gasteiger charge is -2.35. The third-order valence-electron chi connectivity index (χ3n) is 4.00. The Morgan fingerprint density at radius 3 is 2.48 bits per heavy atom. The van der Waals surface area contributed by atoms with Crippen molar-refractivity contribution in [2.45, 2.75) is 12.2 Å². The minimum Gasteiger partial charge on any atom is -0.314 e. The fourth-order valence-corrected chi connectivity index (χ4v) is 3.62. The Kier molecular flexibility index (Phi) is 4.70. The van der Waals surface area contributed by atoms with Crippen LogP contribution in [0.2, 0.25) is 0 Å². The van der Waals surface area contributed by atoms with Crippen LogP contribution in [-0.2, 0) is 6.18 Å². The molecule has 0 unspecified atom stereocenters. The molecule has 1 aliphatic rings. The van der Waals surface area contributed by atoms with Crippen molar-refractivity contribution in [3.8, 4) is 0 Å². The first-order chi connectivity index (χ1) is 11.0. The second-order valence-electron chi connectivity index (χ2n) is 5.45. The van der Waals surface area contributed by atoms with E-state index < -0.39 is 23.6 Å². The average molecular weight is 344 g/mol. The number of alkyl halides is 3. The van der Waals surface area contributed by atoms with E-state index in [1.54, 1.807) is 0 Å². The zero-order valence-electron chi connectivity index (χ0n) is 12.2. The molecule has 0 saturated carbocycles. The van der Waals surface area contributed by atoms with Crippen molar-refractivity contribution in [3.63, 3.8) is 0 Å². The van der Waals surface area contributed by atoms with Gasteiger partial charge in [-0.25, -0.2) is 4.39 Å². The Morgan fingerprint density at radius 1 is 1.13 bits per heavy atom. The van der Waals surface area contributed by atoms with E-state index in [9.17, 15) is 17.6 Å². The first-order valence-electron chi connectivity index (χ1n) is 7.31. The Labute approximate surface area is 135 Å². The van der Waals surface area contributed by atoms with Crippen LogP contribution in [0.3, 0.4) is 0 Å². The molecule has 0 amide bonds. The molecule has 1 fully saturated rings. The van der Waals surface area contributed by atoms with Crippen molar-refractivity contribution in [1.82, 2.24) is 10.2 Å². The van der Waals surface area contributed by atoms with Gasteiger partial charge in [-0.2, -0.15) is 24.5 Å². The quantitative estimate of drug-likeness (QED) is 0.850. The number of rotatable bonds is 3. The molecule has 2 heterocycles. The minimum atomic E-state index is -4.69. The van der Waals surface area contributed by atoms with E-state index in [-0.39, 0.29) is 5.56 Å². The van der Waals surface area contributed by atoms with Gasteiger partial charge in [0.05, 0.1) is 11.6 Å². The van der Waals surface area contributed by atoms with Gasteiger partial charge in [0.1, 0.15) is 5.82 Å². The van der Waals surface area contributed by atoms with Crippen LogP contribution in [0.15, 0.2) is 35.0 Å². The van der Waals surface area contributed by atoms with Gasteiger partial charge in [-0.3, -0.25) is 4.90 Å². The van der Waals surface area contributed by atoms with Crippen molar-refractivity contribution in [2.24, 2.45) is 0 Å². The molecule has 2 aromatic rings. The van der Waals surface area contributed by atoms with Crippen LogP contribution in [0.25, 0.3) is 0 Å². The zero-order valence-corrected chi connectivity index (χ0v) is 13.1. The van der Waals surface area contributed by atoms with E-state index >= 15 is 0 Å². The lowest BCUT2D eigenvalue weighted by molar-refractivity contribution is -0.140. The van der Waals surface area contributed by atoms with E-state index in [2.05, 4.69) is 5.32 Å². The molecular formula is C16H16F4N2S. The minimum absolute atomic E-state index is 0.0834. The third-order valence-corrected chi connectivity index (χ3v) is 4.71. The maximum Gasteiger partial charge on any atom is 0.419 e. The summed E-state index contributed by atoms with van der Waals surface area (Å²) in [5.41, 5.74) is -0.291. The molecule has 1 aromatic carbocycles. The Hall–Kier alpha value is -1.44. The number of benzene rings is 1. The van der Waals surface area contributed by atoms with Crippen molar-refractivity contribution >= 4 is 11.3 Å². The van der Waals surface area contributed by atoms with Crippen LogP contribution in [0, 0.1) is 5.82 Å². The van der Waals surface area contributed by atoms with E-state index in [1.807, 2.05) is 21.7 Å². The van der Waals surface area contributed by atoms with Crippen LogP contribution in [-0.4, -0.2) is 31.1 Å². The highest BCUT2D eigenvalue weighted by molar-refractivity contribution is 7.08. The molecule has 1 N–H and O–H groups in total. The lowest BCUT2D eigenvalue weighted by Crippen LogP contribution is -2.45. The molecule has 124 valence electrons. The number of hydrogen-bond acceptors (Lipinski definition) is 3. The zero-order chi connectivity index (χ0) is 16.4. The molecule has 1 saturated heterocycles. The molecule has 0 spiro atoms. The summed E-state index contributed by atoms with van der Waals surface area (Å²) in [5, 5.41) is 6.93. The second kappa shape index (κ2) is 6.59. The summed E-state index contributed by atoms with van der Waals surface area (Å²) in [7, 11) is 0. The normalized spacial score (nSPS) is 18.1. The molecule has 1 atom stereocenters. The molecule has 1 aliphatic heterocycles. The third kappa shape index (κ3) is 3.41. The maximum atomic E-state index is 14.6. The molecule has 23 heavy (non-hydrogen) atoms. The van der Waals surface area contributed by atoms with Gasteiger partial charge in [-0.05, 0) is 28.5 Å². The summed E-state index contributed by atoms with van der Waals surface area (Å²) in [6.07, 6.45) is -4.69. The standard InChI is InChI=1S/C16H16F4N2S/c17-14-12(2-1-3-13(14)16(18,19)20)15(11-4-9-23-10-11)22-7-5-21-6-8-22/h1-4,9-10,15,21H,5-8H2/t15-/m1/s1. The molecule has 0 aliphatic carbocycles. The van der Waals surface area contributed by atoms with Crippen molar-refractivity contribution in [2.75, 3.05) is 26.2 Å². The molecule has 0 bridgehead atoms. The average Bonchev–Trinajstić information content (AvgIpc) is 3.03. The Morgan fingerprint density at radius 2 is 1.87 bits per heavy atom. The number of thiophene rings is 1. The fraction of sp³-hybridized carbons (Fsp3) is 0.375. The van der Waals surface area contributed by atoms with Gasteiger partial charge in [0.2, 0.25) is 0 Å². The molecule has 7 heteroatoms. The topological polar surface area (TPSA) is 15.3 Å². The van der Waals surface area contributed by atoms with Gasteiger partial charge in [-0.1, -0.05) is 12.1 Å². The van der Waals surface area contributed by atoms with E-state index in [0.717, 1.165) is 24.7 Å². The number of piperazine rings is 1. The molecule has 1 aromatic heterocycles. The first kappa shape index (κ1) is 16.4. The van der Waals surface area contributed by atoms with Gasteiger partial charge in [0, 0.05) is 31.7 Å². The van der Waals surface area contributed by atoms with Gasteiger partial charge in [0.25, 0.3) is 0 Å². The second-order valence-corrected chi connectivity index (χ2v) is 6.23. The van der Waals surface area contributed by atoms with Gasteiger partial charge >= 0.3 is 6.18 Å². The van der Waals surface area contributed by atoms with Crippen LogP contribution in [0.5, 0.6) is 0 Å². The van der Waals surface area contributed by atoms with Gasteiger partial charge in [0.15, 0.2) is 0 Å². The van der Waals surface area contributed by atoms with Gasteiger partial charge < -0.3 is 5.32 Å². The van der Waals surface area contributed by atoms with Crippen molar-refractivity contribution in [3.05, 3.63) is 57.5 Å². The number of nitrogens with zero attached hydrogens (tertiary/aromatic N) is 1. The van der Waals surface area contributed by atoms with E-state index in [4.69, 9.17) is 0 Å². The summed E-state index contributed by atoms with van der Waals surface area (Å²) >= 11 is 1.46. The fourth-order valence-electron chi connectivity index (χ4n) is 2.94. The van der Waals surface area contributed by atoms with Gasteiger partial charge in [-0.15, -0.1) is 0 Å². The largest absolute Gasteiger partial charge is 0.419 e. The monoisotopic (exact) mass is 344 g/mol. The van der Waals surface area contributed by atoms with Crippen LogP contribution in [0.4, 0.5) is 17.6 Å². The maximum absolute atomic E-state index is 14.6. The predicted molar refractivity (Wildman–Crippen MR) is 82.0 cm³/mol. The SMILES string of the molecule is Fc1c([C@@H](c2ccsc2)N2CCNCC2)cccc1C(F)(F)F. The summed E-state index contributed by atoms with van der Waals surface area (Å²) < 4.78 is 53.7. The number of hydrogen-bond donors (Lipinski definition) is 1. The molecule has 0 radical (unpaired) electrons. The summed E-state index contributed by atoms with van der Waals surface area (Å²) in [6, 6.07) is 4.88. The van der Waals surface area contributed by atoms with Crippen molar-refractivity contribution < 1.29 is 17.6 Å². The first-order valence-corrected chi connectivity index (χ1v) is 8.25. The number of halogens is 4. The van der Waals surface area contributed by atoms with Crippen LogP contribution >= 0.6 is 11.3 Å². The predicted octanol–water partition coefficient (Wildman–Crippen LogP) is 3.90. The Bertz CT molecular complexity index is 649. The Balaban J connectivity index is 2.07. The lowest BCUT2D eigenvalue weighted by atomic mass is 9.96. The van der Waals surface area contributed by atoms with Crippen LogP contribution < -0.4 is 5.32 Å². The van der Waals surface area contributed by atoms with E-state index in [0.29, 0.717) is 13.1 Å². The van der Waals surface area contributed by atoms with Crippen molar-refractivity contribution in [1.29, 1.82) is 0 Å². The molecule has 2 nitrogen and oxygen atoms in total. The molecular weight excluding hydrogens is 328 g/mol. The summed E-state index contributed by atoms with van der Waals surface area (Å²) in [6.45, 7) is 2.80. The summed E-state index contributed by atoms with van der Waals surface area (Å²) in [5.74, 6) is -1.17. The highest BCUT2D eigenvalue weighted by Crippen LogP contribution is 2.37. The highest BCUT2D eigenvalue weighted by Gasteiger charge is 2.37. The smallest absolute Gasteiger partial charge is 0.314 e. The number of nitrogens with one attached hydrogen (secondary N) is 1. The van der Waals surface area contributed by atoms with E-state index in [1.165, 1.54) is 23.5 Å². The van der Waals surface area contributed by atoms with Crippen LogP contribution in [0.1, 0.15) is 22.7 Å². The summed E-state index contributed by atoms with van der Waals surface area (Å²) in [4.78, 5) is 2.02. The highest BCUT2D eigenvalue weighted by atomic mass is 32.1.